The van der Waals surface area contributed by atoms with Crippen LogP contribution < -0.4 is 0 Å². The summed E-state index contributed by atoms with van der Waals surface area (Å²) >= 11 is 0. The van der Waals surface area contributed by atoms with Gasteiger partial charge in [0.15, 0.2) is 11.4 Å². The van der Waals surface area contributed by atoms with E-state index in [0.29, 0.717) is 18.1 Å². The van der Waals surface area contributed by atoms with E-state index in [-0.39, 0.29) is 5.88 Å². The first-order chi connectivity index (χ1) is 14.2. The van der Waals surface area contributed by atoms with Crippen molar-refractivity contribution in [3.63, 3.8) is 0 Å². The predicted octanol–water partition coefficient (Wildman–Crippen LogP) is 3.93. The van der Waals surface area contributed by atoms with Gasteiger partial charge in [0.25, 0.3) is 0 Å². The zero-order chi connectivity index (χ0) is 19.8. The molecule has 1 saturated heterocycles. The first-order valence-corrected chi connectivity index (χ1v) is 10.3. The van der Waals surface area contributed by atoms with Crippen LogP contribution in [0.1, 0.15) is 47.4 Å². The van der Waals surface area contributed by atoms with Gasteiger partial charge >= 0.3 is 5.91 Å². The molecular weight excluding hydrogens is 368 g/mol. The topological polar surface area (TPSA) is 98.9 Å². The van der Waals surface area contributed by atoms with E-state index in [1.807, 2.05) is 28.8 Å². The maximum atomic E-state index is 12.6. The molecule has 2 N–H and O–H groups in total. The van der Waals surface area contributed by atoms with Crippen molar-refractivity contribution in [2.24, 2.45) is 10.2 Å². The van der Waals surface area contributed by atoms with Crippen molar-refractivity contribution >= 4 is 22.5 Å². The fourth-order valence-corrected chi connectivity index (χ4v) is 4.45. The Morgan fingerprint density at radius 2 is 1.97 bits per heavy atom. The van der Waals surface area contributed by atoms with Crippen LogP contribution in [0.3, 0.4) is 0 Å². The molecule has 1 amide bonds. The van der Waals surface area contributed by atoms with Crippen LogP contribution >= 0.6 is 0 Å². The van der Waals surface area contributed by atoms with E-state index in [1.54, 1.807) is 0 Å². The molecule has 0 spiro atoms. The van der Waals surface area contributed by atoms with Gasteiger partial charge in [-0.25, -0.2) is 0 Å². The molecule has 0 unspecified atom stereocenters. The Bertz CT molecular complexity index is 1090. The number of aryl methyl sites for hydroxylation is 1. The zero-order valence-electron chi connectivity index (χ0n) is 16.3. The van der Waals surface area contributed by atoms with E-state index >= 15 is 0 Å². The molecule has 1 fully saturated rings. The average Bonchev–Trinajstić information content (AvgIpc) is 3.42. The lowest BCUT2D eigenvalue weighted by molar-refractivity contribution is 0.0989. The van der Waals surface area contributed by atoms with Crippen molar-refractivity contribution < 1.29 is 9.90 Å². The number of amides is 1. The molecular formula is C21H24N6O2. The number of nitrogens with one attached hydrogen (secondary N) is 1. The molecule has 1 aliphatic carbocycles. The van der Waals surface area contributed by atoms with Gasteiger partial charge in [0.05, 0.1) is 12.2 Å². The van der Waals surface area contributed by atoms with Crippen LogP contribution in [0.4, 0.5) is 5.69 Å². The number of aromatic hydroxyl groups is 1. The Balaban J connectivity index is 1.47. The van der Waals surface area contributed by atoms with Gasteiger partial charge in [0.2, 0.25) is 5.88 Å². The van der Waals surface area contributed by atoms with Crippen LogP contribution in [0, 0.1) is 0 Å². The molecule has 2 aliphatic rings. The highest BCUT2D eigenvalue weighted by molar-refractivity contribution is 5.97. The number of para-hydroxylation sites is 1. The highest BCUT2D eigenvalue weighted by Gasteiger charge is 2.24. The Morgan fingerprint density at radius 1 is 1.14 bits per heavy atom. The van der Waals surface area contributed by atoms with Crippen LogP contribution in [0.25, 0.3) is 10.9 Å². The van der Waals surface area contributed by atoms with Crippen LogP contribution in [0.2, 0.25) is 0 Å². The van der Waals surface area contributed by atoms with Crippen molar-refractivity contribution in [2.45, 2.75) is 45.2 Å². The summed E-state index contributed by atoms with van der Waals surface area (Å²) in [4.78, 5) is 14.9. The number of nitrogens with zero attached hydrogens (tertiary/aromatic N) is 5. The van der Waals surface area contributed by atoms with Gasteiger partial charge < -0.3 is 5.11 Å². The smallest absolute Gasteiger partial charge is 0.316 e. The quantitative estimate of drug-likeness (QED) is 0.657. The van der Waals surface area contributed by atoms with Gasteiger partial charge in [-0.1, -0.05) is 24.6 Å². The Morgan fingerprint density at radius 3 is 2.83 bits per heavy atom. The molecule has 8 heteroatoms. The monoisotopic (exact) mass is 392 g/mol. The number of aromatic amines is 1. The summed E-state index contributed by atoms with van der Waals surface area (Å²) < 4.78 is 1.85. The molecule has 0 bridgehead atoms. The number of carbonyl (C=O) groups is 1. The molecule has 0 radical (unpaired) electrons. The number of hydrogen-bond acceptors (Lipinski definition) is 5. The minimum absolute atomic E-state index is 0.0422. The first kappa shape index (κ1) is 18.1. The Labute approximate surface area is 168 Å². The number of hydrogen-bond donors (Lipinski definition) is 2. The van der Waals surface area contributed by atoms with Gasteiger partial charge in [-0.3, -0.25) is 19.4 Å². The Kier molecular flexibility index (Phi) is 4.63. The first-order valence-electron chi connectivity index (χ1n) is 10.3. The fourth-order valence-electron chi connectivity index (χ4n) is 4.45. The SMILES string of the molecule is O=C(N=Nc1c(O)n(CN2CCCCC2)c2ccccc12)c1n[nH]c2c1CCC2. The van der Waals surface area contributed by atoms with Gasteiger partial charge in [-0.05, 0) is 51.3 Å². The van der Waals surface area contributed by atoms with E-state index in [4.69, 9.17) is 0 Å². The summed E-state index contributed by atoms with van der Waals surface area (Å²) in [5.41, 5.74) is 3.53. The second-order valence-electron chi connectivity index (χ2n) is 7.83. The lowest BCUT2D eigenvalue weighted by Gasteiger charge is -2.27. The molecule has 3 aromatic rings. The zero-order valence-corrected chi connectivity index (χ0v) is 16.3. The number of azo groups is 1. The van der Waals surface area contributed by atoms with E-state index in [1.165, 1.54) is 19.3 Å². The van der Waals surface area contributed by atoms with Gasteiger partial charge in [-0.15, -0.1) is 10.2 Å². The van der Waals surface area contributed by atoms with Crippen LogP contribution in [0.5, 0.6) is 5.88 Å². The maximum absolute atomic E-state index is 12.6. The second kappa shape index (κ2) is 7.44. The number of H-pyrrole nitrogens is 1. The summed E-state index contributed by atoms with van der Waals surface area (Å²) in [6.07, 6.45) is 6.38. The van der Waals surface area contributed by atoms with Crippen LogP contribution in [-0.4, -0.2) is 43.8 Å². The molecule has 0 saturated carbocycles. The summed E-state index contributed by atoms with van der Waals surface area (Å²) in [6, 6.07) is 7.69. The number of piperidine rings is 1. The number of rotatable bonds is 4. The third-order valence-electron chi connectivity index (χ3n) is 5.96. The van der Waals surface area contributed by atoms with Gasteiger partial charge in [-0.2, -0.15) is 5.10 Å². The average molecular weight is 392 g/mol. The minimum atomic E-state index is -0.475. The van der Waals surface area contributed by atoms with E-state index in [9.17, 15) is 9.90 Å². The number of aromatic nitrogens is 3. The van der Waals surface area contributed by atoms with Crippen molar-refractivity contribution in [2.75, 3.05) is 13.1 Å². The molecule has 0 atom stereocenters. The molecule has 2 aromatic heterocycles. The second-order valence-corrected chi connectivity index (χ2v) is 7.83. The van der Waals surface area contributed by atoms with Gasteiger partial charge in [0.1, 0.15) is 0 Å². The van der Waals surface area contributed by atoms with E-state index < -0.39 is 5.91 Å². The normalized spacial score (nSPS) is 17.4. The summed E-state index contributed by atoms with van der Waals surface area (Å²) in [7, 11) is 0. The largest absolute Gasteiger partial charge is 0.493 e. The summed E-state index contributed by atoms with van der Waals surface area (Å²) in [6.45, 7) is 2.64. The number of fused-ring (bicyclic) bond motifs is 2. The molecule has 3 heterocycles. The van der Waals surface area contributed by atoms with Crippen molar-refractivity contribution in [3.8, 4) is 5.88 Å². The van der Waals surface area contributed by atoms with Crippen LogP contribution in [-0.2, 0) is 19.5 Å². The molecule has 29 heavy (non-hydrogen) atoms. The van der Waals surface area contributed by atoms with Crippen molar-refractivity contribution in [3.05, 3.63) is 41.2 Å². The molecule has 8 nitrogen and oxygen atoms in total. The lowest BCUT2D eigenvalue weighted by atomic mass is 10.1. The fraction of sp³-hybridized carbons (Fsp3) is 0.429. The summed E-state index contributed by atoms with van der Waals surface area (Å²) in [5.74, 6) is -0.433. The molecule has 1 aliphatic heterocycles. The highest BCUT2D eigenvalue weighted by Crippen LogP contribution is 2.39. The third-order valence-corrected chi connectivity index (χ3v) is 5.96. The van der Waals surface area contributed by atoms with E-state index in [0.717, 1.165) is 54.5 Å². The predicted molar refractivity (Wildman–Crippen MR) is 108 cm³/mol. The van der Waals surface area contributed by atoms with E-state index in [2.05, 4.69) is 25.3 Å². The molecule has 150 valence electrons. The number of benzene rings is 1. The third kappa shape index (κ3) is 3.23. The Hall–Kier alpha value is -3.00. The standard InChI is InChI=1S/C21H24N6O2/c28-20(18-14-8-6-9-16(14)22-23-18)25-24-19-15-7-2-3-10-17(15)27(21(19)29)13-26-11-4-1-5-12-26/h2-3,7,10,29H,1,4-6,8-9,11-13H2,(H,22,23). The minimum Gasteiger partial charge on any atom is -0.493 e. The van der Waals surface area contributed by atoms with Crippen molar-refractivity contribution in [1.82, 2.24) is 19.7 Å². The van der Waals surface area contributed by atoms with Crippen LogP contribution in [0.15, 0.2) is 34.5 Å². The lowest BCUT2D eigenvalue weighted by Crippen LogP contribution is -2.31. The molecule has 5 rings (SSSR count). The van der Waals surface area contributed by atoms with Gasteiger partial charge in [0, 0.05) is 16.6 Å². The van der Waals surface area contributed by atoms with Crippen molar-refractivity contribution in [1.29, 1.82) is 0 Å². The molecule has 1 aromatic carbocycles. The highest BCUT2D eigenvalue weighted by atomic mass is 16.3. The summed E-state index contributed by atoms with van der Waals surface area (Å²) in [5, 5.41) is 26.8. The number of carbonyl (C=O) groups excluding carboxylic acids is 1. The maximum Gasteiger partial charge on any atom is 0.316 e. The number of likely N-dealkylation sites (tertiary alicyclic amines) is 1.